The molecule has 2 aromatic carbocycles. The summed E-state index contributed by atoms with van der Waals surface area (Å²) >= 11 is 0. The topological polar surface area (TPSA) is 47.1 Å². The maximum absolute atomic E-state index is 13.1. The van der Waals surface area contributed by atoms with Crippen LogP contribution in [0, 0.1) is 6.92 Å². The molecule has 0 radical (unpaired) electrons. The average molecular weight is 449 g/mol. The molecule has 6 heteroatoms. The summed E-state index contributed by atoms with van der Waals surface area (Å²) in [5, 5.41) is 0. The molecule has 2 fully saturated rings. The number of hydrogen-bond acceptors (Lipinski definition) is 4. The van der Waals surface area contributed by atoms with E-state index >= 15 is 0 Å². The van der Waals surface area contributed by atoms with Gasteiger partial charge in [0, 0.05) is 64.5 Å². The number of carbonyl (C=O) groups excluding carboxylic acids is 2. The van der Waals surface area contributed by atoms with E-state index in [1.54, 1.807) is 0 Å². The van der Waals surface area contributed by atoms with E-state index in [1.165, 1.54) is 11.1 Å². The van der Waals surface area contributed by atoms with Crippen LogP contribution in [0.5, 0.6) is 0 Å². The first kappa shape index (κ1) is 23.5. The van der Waals surface area contributed by atoms with E-state index in [-0.39, 0.29) is 11.8 Å². The van der Waals surface area contributed by atoms with Crippen molar-refractivity contribution in [2.75, 3.05) is 58.9 Å². The minimum Gasteiger partial charge on any atom is -0.340 e. The van der Waals surface area contributed by atoms with Gasteiger partial charge in [-0.25, -0.2) is 0 Å². The van der Waals surface area contributed by atoms with E-state index < -0.39 is 0 Å². The summed E-state index contributed by atoms with van der Waals surface area (Å²) in [5.41, 5.74) is 3.44. The average Bonchev–Trinajstić information content (AvgIpc) is 3.22. The van der Waals surface area contributed by atoms with E-state index in [4.69, 9.17) is 0 Å². The number of carbonyl (C=O) groups is 2. The Hall–Kier alpha value is -2.70. The number of rotatable bonds is 5. The van der Waals surface area contributed by atoms with Crippen LogP contribution in [0.2, 0.25) is 0 Å². The lowest BCUT2D eigenvalue weighted by atomic mass is 10.1. The Morgan fingerprint density at radius 2 is 1.33 bits per heavy atom. The normalized spacial score (nSPS) is 18.6. The van der Waals surface area contributed by atoms with E-state index in [2.05, 4.69) is 41.0 Å². The summed E-state index contributed by atoms with van der Waals surface area (Å²) in [6.45, 7) is 10.1. The molecule has 2 heterocycles. The Balaban J connectivity index is 1.25. The van der Waals surface area contributed by atoms with Gasteiger partial charge in [-0.15, -0.1) is 0 Å². The Morgan fingerprint density at radius 1 is 0.697 bits per heavy atom. The molecule has 176 valence electrons. The zero-order valence-electron chi connectivity index (χ0n) is 19.8. The Labute approximate surface area is 197 Å². The first-order valence-corrected chi connectivity index (χ1v) is 12.2. The lowest BCUT2D eigenvalue weighted by Crippen LogP contribution is -2.43. The lowest BCUT2D eigenvalue weighted by molar-refractivity contribution is -0.132. The van der Waals surface area contributed by atoms with Crippen LogP contribution in [0.1, 0.15) is 34.3 Å². The van der Waals surface area contributed by atoms with Gasteiger partial charge < -0.3 is 9.80 Å². The highest BCUT2D eigenvalue weighted by atomic mass is 16.2. The van der Waals surface area contributed by atoms with Crippen LogP contribution in [-0.4, -0.2) is 90.3 Å². The molecule has 33 heavy (non-hydrogen) atoms. The van der Waals surface area contributed by atoms with Crippen LogP contribution in [-0.2, 0) is 11.3 Å². The van der Waals surface area contributed by atoms with E-state index in [0.29, 0.717) is 13.1 Å². The molecule has 0 unspecified atom stereocenters. The van der Waals surface area contributed by atoms with Crippen molar-refractivity contribution in [3.05, 3.63) is 71.3 Å². The molecule has 0 aromatic heterocycles. The Morgan fingerprint density at radius 3 is 2.12 bits per heavy atom. The largest absolute Gasteiger partial charge is 0.340 e. The van der Waals surface area contributed by atoms with E-state index in [0.717, 1.165) is 70.8 Å². The van der Waals surface area contributed by atoms with Gasteiger partial charge >= 0.3 is 0 Å². The van der Waals surface area contributed by atoms with Gasteiger partial charge in [-0.1, -0.05) is 42.5 Å². The van der Waals surface area contributed by atoms with Crippen LogP contribution < -0.4 is 0 Å². The minimum absolute atomic E-state index is 0.0880. The van der Waals surface area contributed by atoms with E-state index in [1.807, 2.05) is 40.1 Å². The number of nitrogens with zero attached hydrogens (tertiary/aromatic N) is 4. The standard InChI is InChI=1S/C27H36N4O2/c1-23-9-5-6-12-25(23)21-28-13-7-15-30(19-17-28)26(32)22-29-14-8-16-31(20-18-29)27(33)24-10-3-2-4-11-24/h2-6,9-12H,7-8,13-22H2,1H3. The van der Waals surface area contributed by atoms with Crippen molar-refractivity contribution in [2.45, 2.75) is 26.3 Å². The number of hydrogen-bond donors (Lipinski definition) is 0. The predicted molar refractivity (Wildman–Crippen MR) is 131 cm³/mol. The van der Waals surface area contributed by atoms with Crippen LogP contribution in [0.4, 0.5) is 0 Å². The van der Waals surface area contributed by atoms with Gasteiger partial charge in [0.15, 0.2) is 0 Å². The monoisotopic (exact) mass is 448 g/mol. The molecule has 6 nitrogen and oxygen atoms in total. The van der Waals surface area contributed by atoms with Gasteiger partial charge in [-0.2, -0.15) is 0 Å². The summed E-state index contributed by atoms with van der Waals surface area (Å²) in [5.74, 6) is 0.306. The molecule has 2 aromatic rings. The third-order valence-electron chi connectivity index (χ3n) is 6.85. The van der Waals surface area contributed by atoms with Crippen molar-refractivity contribution in [3.8, 4) is 0 Å². The zero-order valence-corrected chi connectivity index (χ0v) is 19.8. The molecular weight excluding hydrogens is 412 g/mol. The van der Waals surface area contributed by atoms with Crippen molar-refractivity contribution in [1.29, 1.82) is 0 Å². The zero-order chi connectivity index (χ0) is 23.0. The summed E-state index contributed by atoms with van der Waals surface area (Å²) in [6, 6.07) is 18.0. The van der Waals surface area contributed by atoms with Crippen molar-refractivity contribution in [1.82, 2.24) is 19.6 Å². The van der Waals surface area contributed by atoms with Gasteiger partial charge in [0.25, 0.3) is 5.91 Å². The maximum atomic E-state index is 13.1. The molecule has 2 aliphatic heterocycles. The fraction of sp³-hybridized carbons (Fsp3) is 0.481. The molecular formula is C27H36N4O2. The molecule has 0 atom stereocenters. The molecule has 2 amide bonds. The fourth-order valence-electron chi connectivity index (χ4n) is 4.79. The number of amides is 2. The lowest BCUT2D eigenvalue weighted by Gasteiger charge is -2.26. The minimum atomic E-state index is 0.0880. The molecule has 0 aliphatic carbocycles. The SMILES string of the molecule is Cc1ccccc1CN1CCCN(C(=O)CN2CCCN(C(=O)c3ccccc3)CC2)CC1. The van der Waals surface area contributed by atoms with Crippen LogP contribution >= 0.6 is 0 Å². The molecule has 0 spiro atoms. The second-order valence-electron chi connectivity index (χ2n) is 9.22. The molecule has 0 N–H and O–H groups in total. The third-order valence-corrected chi connectivity index (χ3v) is 6.85. The Kier molecular flexibility index (Phi) is 8.13. The molecule has 0 bridgehead atoms. The first-order valence-electron chi connectivity index (χ1n) is 12.2. The van der Waals surface area contributed by atoms with E-state index in [9.17, 15) is 9.59 Å². The van der Waals surface area contributed by atoms with Crippen molar-refractivity contribution >= 4 is 11.8 Å². The second-order valence-corrected chi connectivity index (χ2v) is 9.22. The van der Waals surface area contributed by atoms with Crippen LogP contribution in [0.15, 0.2) is 54.6 Å². The summed E-state index contributed by atoms with van der Waals surface area (Å²) in [7, 11) is 0. The van der Waals surface area contributed by atoms with Crippen molar-refractivity contribution in [3.63, 3.8) is 0 Å². The summed E-state index contributed by atoms with van der Waals surface area (Å²) in [6.07, 6.45) is 1.91. The number of aryl methyl sites for hydroxylation is 1. The highest BCUT2D eigenvalue weighted by Gasteiger charge is 2.24. The Bertz CT molecular complexity index is 933. The highest BCUT2D eigenvalue weighted by molar-refractivity contribution is 5.94. The van der Waals surface area contributed by atoms with Gasteiger partial charge in [0.2, 0.25) is 5.91 Å². The van der Waals surface area contributed by atoms with Crippen LogP contribution in [0.3, 0.4) is 0 Å². The molecule has 4 rings (SSSR count). The highest BCUT2D eigenvalue weighted by Crippen LogP contribution is 2.14. The van der Waals surface area contributed by atoms with Gasteiger partial charge in [-0.3, -0.25) is 19.4 Å². The van der Waals surface area contributed by atoms with Crippen molar-refractivity contribution in [2.24, 2.45) is 0 Å². The fourth-order valence-corrected chi connectivity index (χ4v) is 4.79. The smallest absolute Gasteiger partial charge is 0.253 e. The molecule has 0 saturated carbocycles. The maximum Gasteiger partial charge on any atom is 0.253 e. The second kappa shape index (κ2) is 11.4. The van der Waals surface area contributed by atoms with Gasteiger partial charge in [0.05, 0.1) is 6.54 Å². The molecule has 2 aliphatic rings. The number of benzene rings is 2. The van der Waals surface area contributed by atoms with Gasteiger partial charge in [0.1, 0.15) is 0 Å². The van der Waals surface area contributed by atoms with Gasteiger partial charge in [-0.05, 0) is 43.0 Å². The first-order chi connectivity index (χ1) is 16.1. The van der Waals surface area contributed by atoms with Crippen LogP contribution in [0.25, 0.3) is 0 Å². The third kappa shape index (κ3) is 6.42. The quantitative estimate of drug-likeness (QED) is 0.706. The van der Waals surface area contributed by atoms with Crippen molar-refractivity contribution < 1.29 is 9.59 Å². The molecule has 2 saturated heterocycles. The summed E-state index contributed by atoms with van der Waals surface area (Å²) in [4.78, 5) is 34.5. The predicted octanol–water partition coefficient (Wildman–Crippen LogP) is 2.88. The summed E-state index contributed by atoms with van der Waals surface area (Å²) < 4.78 is 0.